The van der Waals surface area contributed by atoms with Crippen LogP contribution in [0.4, 0.5) is 5.69 Å². The Hall–Kier alpha value is -2.22. The molecule has 0 saturated heterocycles. The summed E-state index contributed by atoms with van der Waals surface area (Å²) in [6, 6.07) is 14.8. The summed E-state index contributed by atoms with van der Waals surface area (Å²) in [5.74, 6) is 0.112. The van der Waals surface area contributed by atoms with Gasteiger partial charge in [0.1, 0.15) is 5.75 Å². The molecule has 0 spiro atoms. The predicted octanol–water partition coefficient (Wildman–Crippen LogP) is 5.73. The van der Waals surface area contributed by atoms with E-state index in [0.717, 1.165) is 31.2 Å². The van der Waals surface area contributed by atoms with Crippen LogP contribution in [0.1, 0.15) is 38.2 Å². The fraction of sp³-hybridized carbons (Fsp3) is 0.333. The van der Waals surface area contributed by atoms with Crippen molar-refractivity contribution in [2.75, 3.05) is 5.32 Å². The lowest BCUT2D eigenvalue weighted by molar-refractivity contribution is -0.122. The molecule has 1 aliphatic rings. The van der Waals surface area contributed by atoms with Gasteiger partial charge in [-0.2, -0.15) is 5.26 Å². The zero-order chi connectivity index (χ0) is 19.4. The molecule has 1 saturated carbocycles. The predicted molar refractivity (Wildman–Crippen MR) is 107 cm³/mol. The highest BCUT2D eigenvalue weighted by Crippen LogP contribution is 2.40. The molecule has 3 rings (SSSR count). The van der Waals surface area contributed by atoms with Gasteiger partial charge in [-0.15, -0.1) is 0 Å². The molecule has 2 aromatic rings. The van der Waals surface area contributed by atoms with Crippen LogP contribution >= 0.6 is 23.2 Å². The third kappa shape index (κ3) is 4.37. The van der Waals surface area contributed by atoms with Gasteiger partial charge >= 0.3 is 0 Å². The zero-order valence-electron chi connectivity index (χ0n) is 15.0. The molecule has 1 unspecified atom stereocenters. The number of nitriles is 1. The Labute approximate surface area is 169 Å². The van der Waals surface area contributed by atoms with E-state index >= 15 is 0 Å². The number of carbonyl (C=O) groups excluding carboxylic acids is 1. The quantitative estimate of drug-likeness (QED) is 0.693. The first-order valence-electron chi connectivity index (χ1n) is 8.88. The van der Waals surface area contributed by atoms with E-state index in [4.69, 9.17) is 27.9 Å². The molecule has 0 aliphatic heterocycles. The minimum atomic E-state index is -0.733. The van der Waals surface area contributed by atoms with E-state index in [1.165, 1.54) is 0 Å². The highest BCUT2D eigenvalue weighted by atomic mass is 35.5. The van der Waals surface area contributed by atoms with E-state index in [0.29, 0.717) is 21.5 Å². The first-order valence-corrected chi connectivity index (χ1v) is 9.63. The fourth-order valence-corrected chi connectivity index (χ4v) is 3.83. The number of amides is 1. The van der Waals surface area contributed by atoms with Crippen molar-refractivity contribution in [1.82, 2.24) is 0 Å². The molecule has 0 bridgehead atoms. The van der Waals surface area contributed by atoms with Gasteiger partial charge in [0, 0.05) is 10.7 Å². The summed E-state index contributed by atoms with van der Waals surface area (Å²) in [7, 11) is 0. The lowest BCUT2D eigenvalue weighted by Gasteiger charge is -2.21. The highest BCUT2D eigenvalue weighted by Gasteiger charge is 2.35. The van der Waals surface area contributed by atoms with Crippen molar-refractivity contribution in [3.8, 4) is 11.8 Å². The Morgan fingerprint density at radius 3 is 2.44 bits per heavy atom. The first kappa shape index (κ1) is 19.5. The van der Waals surface area contributed by atoms with Crippen LogP contribution in [0.15, 0.2) is 42.5 Å². The summed E-state index contributed by atoms with van der Waals surface area (Å²) in [4.78, 5) is 12.4. The number of benzene rings is 2. The second kappa shape index (κ2) is 8.21. The average Bonchev–Trinajstić information content (AvgIpc) is 3.15. The molecule has 1 aliphatic carbocycles. The third-order valence-corrected chi connectivity index (χ3v) is 5.47. The van der Waals surface area contributed by atoms with Crippen LogP contribution in [0.2, 0.25) is 10.0 Å². The molecule has 0 heterocycles. The molecule has 0 radical (unpaired) electrons. The minimum Gasteiger partial charge on any atom is -0.479 e. The standard InChI is InChI=1S/C21H20Cl2N2O2/c1-14(27-19-9-6-16(22)12-18(19)23)20(26)25-17-7-4-15(5-8-17)21(13-24)10-2-3-11-21/h4-9,12,14H,2-3,10-11H2,1H3,(H,25,26). The molecule has 4 nitrogen and oxygen atoms in total. The molecule has 1 amide bonds. The lowest BCUT2D eigenvalue weighted by atomic mass is 9.80. The maximum Gasteiger partial charge on any atom is 0.265 e. The molecular formula is C21H20Cl2N2O2. The Kier molecular flexibility index (Phi) is 5.94. The van der Waals surface area contributed by atoms with Crippen LogP contribution in [-0.4, -0.2) is 12.0 Å². The summed E-state index contributed by atoms with van der Waals surface area (Å²) >= 11 is 11.9. The maximum atomic E-state index is 12.4. The van der Waals surface area contributed by atoms with Crippen LogP contribution in [0.25, 0.3) is 0 Å². The smallest absolute Gasteiger partial charge is 0.265 e. The van der Waals surface area contributed by atoms with Crippen LogP contribution in [0.5, 0.6) is 5.75 Å². The molecule has 27 heavy (non-hydrogen) atoms. The van der Waals surface area contributed by atoms with E-state index < -0.39 is 6.10 Å². The van der Waals surface area contributed by atoms with Gasteiger partial charge in [0.05, 0.1) is 16.5 Å². The van der Waals surface area contributed by atoms with Crippen molar-refractivity contribution in [2.45, 2.75) is 44.1 Å². The minimum absolute atomic E-state index is 0.287. The van der Waals surface area contributed by atoms with Crippen LogP contribution in [0.3, 0.4) is 0 Å². The van der Waals surface area contributed by atoms with Crippen molar-refractivity contribution in [3.63, 3.8) is 0 Å². The number of halogens is 2. The Morgan fingerprint density at radius 2 is 1.85 bits per heavy atom. The largest absolute Gasteiger partial charge is 0.479 e. The molecule has 140 valence electrons. The van der Waals surface area contributed by atoms with E-state index in [1.54, 1.807) is 25.1 Å². The van der Waals surface area contributed by atoms with E-state index in [2.05, 4.69) is 11.4 Å². The molecule has 1 N–H and O–H groups in total. The van der Waals surface area contributed by atoms with Gasteiger partial charge in [-0.1, -0.05) is 48.2 Å². The molecular weight excluding hydrogens is 383 g/mol. The van der Waals surface area contributed by atoms with Gasteiger partial charge in [0.15, 0.2) is 6.10 Å². The average molecular weight is 403 g/mol. The number of nitrogens with zero attached hydrogens (tertiary/aromatic N) is 1. The Balaban J connectivity index is 1.64. The van der Waals surface area contributed by atoms with Crippen molar-refractivity contribution in [1.29, 1.82) is 5.26 Å². The van der Waals surface area contributed by atoms with E-state index in [-0.39, 0.29) is 11.3 Å². The number of hydrogen-bond donors (Lipinski definition) is 1. The summed E-state index contributed by atoms with van der Waals surface area (Å²) < 4.78 is 5.63. The second-order valence-electron chi connectivity index (χ2n) is 6.80. The number of rotatable bonds is 5. The van der Waals surface area contributed by atoms with Gasteiger partial charge in [0.2, 0.25) is 0 Å². The van der Waals surface area contributed by atoms with Crippen molar-refractivity contribution in [2.24, 2.45) is 0 Å². The number of hydrogen-bond acceptors (Lipinski definition) is 3. The van der Waals surface area contributed by atoms with Gasteiger partial charge in [-0.25, -0.2) is 0 Å². The van der Waals surface area contributed by atoms with Crippen molar-refractivity contribution in [3.05, 3.63) is 58.1 Å². The third-order valence-electron chi connectivity index (χ3n) is 4.94. The van der Waals surface area contributed by atoms with Gasteiger partial charge in [-0.3, -0.25) is 4.79 Å². The normalized spacial score (nSPS) is 16.4. The van der Waals surface area contributed by atoms with Gasteiger partial charge in [-0.05, 0) is 55.7 Å². The zero-order valence-corrected chi connectivity index (χ0v) is 16.5. The first-order chi connectivity index (χ1) is 12.9. The van der Waals surface area contributed by atoms with E-state index in [9.17, 15) is 10.1 Å². The van der Waals surface area contributed by atoms with Crippen molar-refractivity contribution < 1.29 is 9.53 Å². The van der Waals surface area contributed by atoms with Crippen molar-refractivity contribution >= 4 is 34.8 Å². The number of nitrogens with one attached hydrogen (secondary N) is 1. The van der Waals surface area contributed by atoms with Crippen LogP contribution in [-0.2, 0) is 10.2 Å². The van der Waals surface area contributed by atoms with Gasteiger partial charge in [0.25, 0.3) is 5.91 Å². The Morgan fingerprint density at radius 1 is 1.19 bits per heavy atom. The lowest BCUT2D eigenvalue weighted by Crippen LogP contribution is -2.30. The Bertz CT molecular complexity index is 869. The van der Waals surface area contributed by atoms with Crippen LogP contribution in [0, 0.1) is 11.3 Å². The monoisotopic (exact) mass is 402 g/mol. The summed E-state index contributed by atoms with van der Waals surface area (Å²) in [6.07, 6.45) is 3.20. The highest BCUT2D eigenvalue weighted by molar-refractivity contribution is 6.35. The summed E-state index contributed by atoms with van der Waals surface area (Å²) in [5.41, 5.74) is 1.29. The molecule has 2 aromatic carbocycles. The fourth-order valence-electron chi connectivity index (χ4n) is 3.37. The second-order valence-corrected chi connectivity index (χ2v) is 7.65. The number of anilines is 1. The molecule has 1 atom stereocenters. The van der Waals surface area contributed by atoms with Crippen LogP contribution < -0.4 is 10.1 Å². The van der Waals surface area contributed by atoms with E-state index in [1.807, 2.05) is 24.3 Å². The molecule has 1 fully saturated rings. The summed E-state index contributed by atoms with van der Waals surface area (Å²) in [5, 5.41) is 13.3. The molecule has 6 heteroatoms. The topological polar surface area (TPSA) is 62.1 Å². The maximum absolute atomic E-state index is 12.4. The van der Waals surface area contributed by atoms with Gasteiger partial charge < -0.3 is 10.1 Å². The number of ether oxygens (including phenoxy) is 1. The number of carbonyl (C=O) groups is 1. The SMILES string of the molecule is CC(Oc1ccc(Cl)cc1Cl)C(=O)Nc1ccc(C2(C#N)CCCC2)cc1. The summed E-state index contributed by atoms with van der Waals surface area (Å²) in [6.45, 7) is 1.65. The molecule has 0 aromatic heterocycles.